The molecule has 0 radical (unpaired) electrons. The maximum Gasteiger partial charge on any atom is 0.410 e. The van der Waals surface area contributed by atoms with Crippen molar-refractivity contribution in [1.82, 2.24) is 9.88 Å². The van der Waals surface area contributed by atoms with E-state index in [4.69, 9.17) is 9.47 Å². The van der Waals surface area contributed by atoms with Crippen LogP contribution in [-0.2, 0) is 4.74 Å². The van der Waals surface area contributed by atoms with Crippen molar-refractivity contribution in [2.24, 2.45) is 0 Å². The molecular weight excluding hydrogens is 352 g/mol. The zero-order valence-electron chi connectivity index (χ0n) is 17.1. The monoisotopic (exact) mass is 380 g/mol. The number of rotatable bonds is 6. The fraction of sp³-hybridized carbons (Fsp3) is 0.391. The van der Waals surface area contributed by atoms with Crippen LogP contribution in [0.3, 0.4) is 0 Å². The molecule has 0 aliphatic rings. The molecule has 0 saturated carbocycles. The van der Waals surface area contributed by atoms with E-state index in [-0.39, 0.29) is 6.09 Å². The summed E-state index contributed by atoms with van der Waals surface area (Å²) in [5, 5.41) is 0. The van der Waals surface area contributed by atoms with Crippen LogP contribution in [0, 0.1) is 11.8 Å². The van der Waals surface area contributed by atoms with Crippen LogP contribution in [0.15, 0.2) is 48.8 Å². The van der Waals surface area contributed by atoms with Crippen LogP contribution < -0.4 is 4.74 Å². The van der Waals surface area contributed by atoms with Crippen LogP contribution in [0.2, 0.25) is 0 Å². The second kappa shape index (κ2) is 10.4. The third-order valence-electron chi connectivity index (χ3n) is 3.61. The van der Waals surface area contributed by atoms with Crippen molar-refractivity contribution in [3.05, 3.63) is 59.9 Å². The normalized spacial score (nSPS) is 10.6. The molecule has 5 heteroatoms. The molecule has 2 aromatic rings. The first-order chi connectivity index (χ1) is 13.4. The highest BCUT2D eigenvalue weighted by Crippen LogP contribution is 2.12. The standard InChI is InChI=1S/C23H28N2O3/c1-5-13-25(22(26)28-23(2,3)4)14-15-27-21-16-20(17-24-18-21)12-11-19-9-7-6-8-10-19/h6-10,16-18H,5,13-15H2,1-4H3. The number of benzene rings is 1. The summed E-state index contributed by atoms with van der Waals surface area (Å²) in [6.45, 7) is 9.03. The molecule has 1 aromatic heterocycles. The Labute approximate surface area is 167 Å². The van der Waals surface area contributed by atoms with E-state index < -0.39 is 5.60 Å². The number of amides is 1. The fourth-order valence-electron chi connectivity index (χ4n) is 2.40. The van der Waals surface area contributed by atoms with Gasteiger partial charge in [0, 0.05) is 23.9 Å². The molecule has 0 saturated heterocycles. The predicted octanol–water partition coefficient (Wildman–Crippen LogP) is 4.51. The summed E-state index contributed by atoms with van der Waals surface area (Å²) < 4.78 is 11.2. The number of ether oxygens (including phenoxy) is 2. The van der Waals surface area contributed by atoms with Gasteiger partial charge in [-0.05, 0) is 45.4 Å². The highest BCUT2D eigenvalue weighted by Gasteiger charge is 2.21. The van der Waals surface area contributed by atoms with Crippen molar-refractivity contribution in [3.8, 4) is 17.6 Å². The Balaban J connectivity index is 1.93. The minimum Gasteiger partial charge on any atom is -0.490 e. The number of aromatic nitrogens is 1. The molecule has 1 heterocycles. The maximum absolute atomic E-state index is 12.3. The van der Waals surface area contributed by atoms with E-state index in [9.17, 15) is 4.79 Å². The lowest BCUT2D eigenvalue weighted by Gasteiger charge is -2.27. The minimum absolute atomic E-state index is 0.321. The van der Waals surface area contributed by atoms with E-state index >= 15 is 0 Å². The van der Waals surface area contributed by atoms with E-state index in [0.717, 1.165) is 17.5 Å². The molecule has 5 nitrogen and oxygen atoms in total. The average molecular weight is 380 g/mol. The Morgan fingerprint density at radius 3 is 2.46 bits per heavy atom. The molecule has 0 N–H and O–H groups in total. The maximum atomic E-state index is 12.3. The lowest BCUT2D eigenvalue weighted by Crippen LogP contribution is -2.39. The molecule has 0 fully saturated rings. The number of hydrogen-bond acceptors (Lipinski definition) is 4. The van der Waals surface area contributed by atoms with Gasteiger partial charge in [-0.3, -0.25) is 4.98 Å². The average Bonchev–Trinajstić information content (AvgIpc) is 2.65. The Morgan fingerprint density at radius 1 is 1.07 bits per heavy atom. The fourth-order valence-corrected chi connectivity index (χ4v) is 2.40. The van der Waals surface area contributed by atoms with Crippen LogP contribution in [0.1, 0.15) is 45.2 Å². The van der Waals surface area contributed by atoms with E-state index in [1.807, 2.05) is 64.1 Å². The van der Waals surface area contributed by atoms with E-state index in [0.29, 0.717) is 25.4 Å². The first kappa shape index (κ1) is 21.3. The number of carbonyl (C=O) groups excluding carboxylic acids is 1. The topological polar surface area (TPSA) is 51.7 Å². The summed E-state index contributed by atoms with van der Waals surface area (Å²) in [6.07, 6.45) is 3.88. The van der Waals surface area contributed by atoms with Crippen LogP contribution >= 0.6 is 0 Å². The zero-order chi connectivity index (χ0) is 20.4. The van der Waals surface area contributed by atoms with Crippen molar-refractivity contribution in [2.75, 3.05) is 19.7 Å². The lowest BCUT2D eigenvalue weighted by molar-refractivity contribution is 0.0226. The summed E-state index contributed by atoms with van der Waals surface area (Å²) in [5.41, 5.74) is 1.21. The van der Waals surface area contributed by atoms with Crippen LogP contribution in [0.4, 0.5) is 4.79 Å². The van der Waals surface area contributed by atoms with Gasteiger partial charge >= 0.3 is 6.09 Å². The van der Waals surface area contributed by atoms with Gasteiger partial charge < -0.3 is 14.4 Å². The zero-order valence-corrected chi connectivity index (χ0v) is 17.1. The Hall–Kier alpha value is -3.00. The van der Waals surface area contributed by atoms with Crippen molar-refractivity contribution >= 4 is 6.09 Å². The van der Waals surface area contributed by atoms with Gasteiger partial charge in [0.2, 0.25) is 0 Å². The van der Waals surface area contributed by atoms with Gasteiger partial charge in [0.15, 0.2) is 0 Å². The van der Waals surface area contributed by atoms with E-state index in [2.05, 4.69) is 16.8 Å². The summed E-state index contributed by atoms with van der Waals surface area (Å²) >= 11 is 0. The molecule has 0 unspecified atom stereocenters. The summed E-state index contributed by atoms with van der Waals surface area (Å²) in [7, 11) is 0. The van der Waals surface area contributed by atoms with Gasteiger partial charge in [-0.2, -0.15) is 0 Å². The van der Waals surface area contributed by atoms with Crippen molar-refractivity contribution < 1.29 is 14.3 Å². The Bertz CT molecular complexity index is 817. The molecule has 1 aromatic carbocycles. The minimum atomic E-state index is -0.514. The molecule has 28 heavy (non-hydrogen) atoms. The molecule has 0 atom stereocenters. The molecule has 2 rings (SSSR count). The van der Waals surface area contributed by atoms with Crippen LogP contribution in [0.5, 0.6) is 5.75 Å². The van der Waals surface area contributed by atoms with Crippen LogP contribution in [-0.4, -0.2) is 41.3 Å². The molecule has 0 aliphatic heterocycles. The molecule has 148 valence electrons. The summed E-state index contributed by atoms with van der Waals surface area (Å²) in [5.74, 6) is 6.81. The highest BCUT2D eigenvalue weighted by atomic mass is 16.6. The van der Waals surface area contributed by atoms with Crippen molar-refractivity contribution in [3.63, 3.8) is 0 Å². The summed E-state index contributed by atoms with van der Waals surface area (Å²) in [6, 6.07) is 11.6. The van der Waals surface area contributed by atoms with Crippen molar-refractivity contribution in [2.45, 2.75) is 39.7 Å². The molecular formula is C23H28N2O3. The highest BCUT2D eigenvalue weighted by molar-refractivity contribution is 5.68. The molecule has 0 aliphatic carbocycles. The number of carbonyl (C=O) groups is 1. The smallest absolute Gasteiger partial charge is 0.410 e. The number of hydrogen-bond donors (Lipinski definition) is 0. The first-order valence-corrected chi connectivity index (χ1v) is 9.50. The molecule has 0 bridgehead atoms. The molecule has 0 spiro atoms. The van der Waals surface area contributed by atoms with E-state index in [1.165, 1.54) is 0 Å². The third-order valence-corrected chi connectivity index (χ3v) is 3.61. The quantitative estimate of drug-likeness (QED) is 0.692. The number of pyridine rings is 1. The van der Waals surface area contributed by atoms with Crippen molar-refractivity contribution in [1.29, 1.82) is 0 Å². The largest absolute Gasteiger partial charge is 0.490 e. The predicted molar refractivity (Wildman–Crippen MR) is 110 cm³/mol. The molecule has 1 amide bonds. The van der Waals surface area contributed by atoms with Gasteiger partial charge in [0.1, 0.15) is 18.0 Å². The SMILES string of the molecule is CCCN(CCOc1cncc(C#Cc2ccccc2)c1)C(=O)OC(C)(C)C. The van der Waals surface area contributed by atoms with Crippen LogP contribution in [0.25, 0.3) is 0 Å². The van der Waals surface area contributed by atoms with E-state index in [1.54, 1.807) is 17.3 Å². The van der Waals surface area contributed by atoms with Gasteiger partial charge in [0.05, 0.1) is 12.7 Å². The van der Waals surface area contributed by atoms with Gasteiger partial charge in [0.25, 0.3) is 0 Å². The Kier molecular flexibility index (Phi) is 7.88. The lowest BCUT2D eigenvalue weighted by atomic mass is 10.2. The van der Waals surface area contributed by atoms with Gasteiger partial charge in [-0.15, -0.1) is 0 Å². The van der Waals surface area contributed by atoms with Gasteiger partial charge in [-0.1, -0.05) is 37.0 Å². The second-order valence-electron chi connectivity index (χ2n) is 7.34. The van der Waals surface area contributed by atoms with Gasteiger partial charge in [-0.25, -0.2) is 4.79 Å². The Morgan fingerprint density at radius 2 is 1.79 bits per heavy atom. The summed E-state index contributed by atoms with van der Waals surface area (Å²) in [4.78, 5) is 18.1. The first-order valence-electron chi connectivity index (χ1n) is 9.50. The second-order valence-corrected chi connectivity index (χ2v) is 7.34. The third kappa shape index (κ3) is 7.71. The number of nitrogens with zero attached hydrogens (tertiary/aromatic N) is 2.